The smallest absolute Gasteiger partial charge is 0.358 e. The summed E-state index contributed by atoms with van der Waals surface area (Å²) < 4.78 is 4.95. The minimum Gasteiger partial charge on any atom is -0.476 e. The molecule has 0 bridgehead atoms. The van der Waals surface area contributed by atoms with Gasteiger partial charge in [0.2, 0.25) is 0 Å². The summed E-state index contributed by atoms with van der Waals surface area (Å²) in [6.45, 7) is 0.259. The minimum absolute atomic E-state index is 0.0703. The van der Waals surface area contributed by atoms with E-state index >= 15 is 0 Å². The van der Waals surface area contributed by atoms with E-state index in [9.17, 15) is 4.79 Å². The fraction of sp³-hybridized carbons (Fsp3) is 0.125. The number of aromatic nitrogens is 2. The summed E-state index contributed by atoms with van der Waals surface area (Å²) in [7, 11) is 0. The first kappa shape index (κ1) is 9.66. The maximum absolute atomic E-state index is 10.7. The normalized spacial score (nSPS) is 10.1. The third-order valence-electron chi connectivity index (χ3n) is 1.68. The Balaban J connectivity index is 2.05. The van der Waals surface area contributed by atoms with Gasteiger partial charge in [0.25, 0.3) is 0 Å². The van der Waals surface area contributed by atoms with Crippen LogP contribution in [0.1, 0.15) is 16.2 Å². The molecule has 2 rings (SSSR count). The molecule has 0 aliphatic rings. The number of thiazole rings is 1. The molecule has 0 aliphatic heterocycles. The zero-order chi connectivity index (χ0) is 10.7. The van der Waals surface area contributed by atoms with Gasteiger partial charge in [-0.05, 0) is 0 Å². The Kier molecular flexibility index (Phi) is 2.64. The number of carboxylic acid groups (broad SMARTS) is 1. The van der Waals surface area contributed by atoms with E-state index in [1.165, 1.54) is 11.3 Å². The molecule has 2 heterocycles. The molecule has 0 atom stereocenters. The maximum atomic E-state index is 10.7. The van der Waals surface area contributed by atoms with Crippen molar-refractivity contribution in [2.24, 2.45) is 0 Å². The number of nitrogens with one attached hydrogen (secondary N) is 1. The first-order valence-electron chi connectivity index (χ1n) is 4.06. The highest BCUT2D eigenvalue weighted by Crippen LogP contribution is 2.13. The van der Waals surface area contributed by atoms with Crippen molar-refractivity contribution in [2.45, 2.75) is 6.54 Å². The van der Waals surface area contributed by atoms with Crippen molar-refractivity contribution in [2.75, 3.05) is 5.32 Å². The van der Waals surface area contributed by atoms with Gasteiger partial charge in [-0.15, -0.1) is 11.3 Å². The van der Waals surface area contributed by atoms with Gasteiger partial charge in [-0.2, -0.15) is 0 Å². The molecule has 2 aromatic heterocycles. The molecule has 6 nitrogen and oxygen atoms in total. The van der Waals surface area contributed by atoms with E-state index in [-0.39, 0.29) is 18.0 Å². The van der Waals surface area contributed by atoms with Crippen LogP contribution >= 0.6 is 11.3 Å². The Labute approximate surface area is 88.6 Å². The van der Waals surface area contributed by atoms with Crippen LogP contribution in [0.15, 0.2) is 22.4 Å². The van der Waals surface area contributed by atoms with Crippen LogP contribution in [-0.2, 0) is 6.54 Å². The molecule has 0 spiro atoms. The molecule has 0 aromatic carbocycles. The molecule has 0 saturated heterocycles. The van der Waals surface area contributed by atoms with E-state index in [2.05, 4.69) is 15.3 Å². The molecule has 0 unspecified atom stereocenters. The number of hydrogen-bond acceptors (Lipinski definition) is 6. The maximum Gasteiger partial charge on any atom is 0.358 e. The van der Waals surface area contributed by atoms with Crippen molar-refractivity contribution in [3.8, 4) is 0 Å². The number of carboxylic acids is 1. The molecule has 0 radical (unpaired) electrons. The third-order valence-corrected chi connectivity index (χ3v) is 2.41. The van der Waals surface area contributed by atoms with E-state index in [0.717, 1.165) is 6.39 Å². The second-order valence-electron chi connectivity index (χ2n) is 2.62. The fourth-order valence-electron chi connectivity index (χ4n) is 1.04. The SMILES string of the molecule is O=C(O)c1ncoc1CNc1nccs1. The first-order chi connectivity index (χ1) is 7.27. The largest absolute Gasteiger partial charge is 0.476 e. The lowest BCUT2D eigenvalue weighted by Gasteiger charge is -1.99. The summed E-state index contributed by atoms with van der Waals surface area (Å²) in [6.07, 6.45) is 2.77. The van der Waals surface area contributed by atoms with Gasteiger partial charge in [-0.3, -0.25) is 0 Å². The van der Waals surface area contributed by atoms with Crippen LogP contribution in [0.25, 0.3) is 0 Å². The first-order valence-corrected chi connectivity index (χ1v) is 4.94. The number of rotatable bonds is 4. The third kappa shape index (κ3) is 2.13. The Morgan fingerprint density at radius 2 is 2.47 bits per heavy atom. The van der Waals surface area contributed by atoms with E-state index in [1.54, 1.807) is 6.20 Å². The average molecular weight is 225 g/mol. The number of oxazole rings is 1. The van der Waals surface area contributed by atoms with Crippen LogP contribution < -0.4 is 5.32 Å². The second kappa shape index (κ2) is 4.09. The van der Waals surface area contributed by atoms with Crippen LogP contribution in [0.4, 0.5) is 5.13 Å². The van der Waals surface area contributed by atoms with Crippen LogP contribution in [0.5, 0.6) is 0 Å². The van der Waals surface area contributed by atoms with Gasteiger partial charge in [-0.1, -0.05) is 0 Å². The molecule has 0 saturated carbocycles. The van der Waals surface area contributed by atoms with Crippen molar-refractivity contribution in [1.29, 1.82) is 0 Å². The summed E-state index contributed by atoms with van der Waals surface area (Å²) in [5, 5.41) is 14.2. The van der Waals surface area contributed by atoms with E-state index in [0.29, 0.717) is 5.13 Å². The molecule has 0 amide bonds. The van der Waals surface area contributed by atoms with E-state index < -0.39 is 5.97 Å². The predicted molar refractivity (Wildman–Crippen MR) is 52.9 cm³/mol. The van der Waals surface area contributed by atoms with Crippen LogP contribution in [0.2, 0.25) is 0 Å². The Morgan fingerprint density at radius 1 is 1.60 bits per heavy atom. The molecule has 2 aromatic rings. The predicted octanol–water partition coefficient (Wildman–Crippen LogP) is 1.44. The van der Waals surface area contributed by atoms with Crippen molar-refractivity contribution in [1.82, 2.24) is 9.97 Å². The monoisotopic (exact) mass is 225 g/mol. The number of aromatic carboxylic acids is 1. The topological polar surface area (TPSA) is 88.2 Å². The highest BCUT2D eigenvalue weighted by molar-refractivity contribution is 7.13. The molecule has 0 fully saturated rings. The number of hydrogen-bond donors (Lipinski definition) is 2. The summed E-state index contributed by atoms with van der Waals surface area (Å²) in [5.74, 6) is -0.808. The van der Waals surface area contributed by atoms with Crippen LogP contribution in [0, 0.1) is 0 Å². The lowest BCUT2D eigenvalue weighted by molar-refractivity contribution is 0.0689. The van der Waals surface area contributed by atoms with Crippen molar-refractivity contribution in [3.05, 3.63) is 29.4 Å². The Morgan fingerprint density at radius 3 is 3.13 bits per heavy atom. The zero-order valence-electron chi connectivity index (χ0n) is 7.51. The quantitative estimate of drug-likeness (QED) is 0.818. The van der Waals surface area contributed by atoms with Gasteiger partial charge in [0.05, 0.1) is 6.54 Å². The Bertz CT molecular complexity index is 451. The number of carbonyl (C=O) groups is 1. The minimum atomic E-state index is -1.10. The molecule has 0 aliphatic carbocycles. The number of nitrogens with zero attached hydrogens (tertiary/aromatic N) is 2. The summed E-state index contributed by atoms with van der Waals surface area (Å²) >= 11 is 1.43. The van der Waals surface area contributed by atoms with Gasteiger partial charge in [-0.25, -0.2) is 14.8 Å². The average Bonchev–Trinajstić information content (AvgIpc) is 2.86. The molecular formula is C8H7N3O3S. The van der Waals surface area contributed by atoms with Crippen LogP contribution in [0.3, 0.4) is 0 Å². The summed E-state index contributed by atoms with van der Waals surface area (Å²) in [4.78, 5) is 18.3. The van der Waals surface area contributed by atoms with Crippen molar-refractivity contribution < 1.29 is 14.3 Å². The lowest BCUT2D eigenvalue weighted by atomic mass is 10.3. The summed E-state index contributed by atoms with van der Waals surface area (Å²) in [6, 6.07) is 0. The van der Waals surface area contributed by atoms with Crippen LogP contribution in [-0.4, -0.2) is 21.0 Å². The van der Waals surface area contributed by atoms with Crippen molar-refractivity contribution in [3.63, 3.8) is 0 Å². The fourth-order valence-corrected chi connectivity index (χ4v) is 1.56. The highest BCUT2D eigenvalue weighted by Gasteiger charge is 2.14. The summed E-state index contributed by atoms with van der Waals surface area (Å²) in [5.41, 5.74) is -0.0703. The van der Waals surface area contributed by atoms with Gasteiger partial charge in [0.15, 0.2) is 23.0 Å². The van der Waals surface area contributed by atoms with Gasteiger partial charge in [0, 0.05) is 11.6 Å². The van der Waals surface area contributed by atoms with Crippen molar-refractivity contribution >= 4 is 22.4 Å². The molecular weight excluding hydrogens is 218 g/mol. The van der Waals surface area contributed by atoms with E-state index in [1.807, 2.05) is 5.38 Å². The standard InChI is InChI=1S/C8H7N3O3S/c12-7(13)6-5(14-4-11-6)3-10-8-9-1-2-15-8/h1-2,4H,3H2,(H,9,10)(H,12,13). The molecule has 7 heteroatoms. The Hall–Kier alpha value is -1.89. The van der Waals surface area contributed by atoms with Gasteiger partial charge in [0.1, 0.15) is 0 Å². The molecule has 2 N–H and O–H groups in total. The second-order valence-corrected chi connectivity index (χ2v) is 3.51. The van der Waals surface area contributed by atoms with Gasteiger partial charge < -0.3 is 14.8 Å². The van der Waals surface area contributed by atoms with E-state index in [4.69, 9.17) is 9.52 Å². The molecule has 78 valence electrons. The zero-order valence-corrected chi connectivity index (χ0v) is 8.32. The molecule has 15 heavy (non-hydrogen) atoms. The van der Waals surface area contributed by atoms with Gasteiger partial charge >= 0.3 is 5.97 Å². The number of anilines is 1. The lowest BCUT2D eigenvalue weighted by Crippen LogP contribution is -2.05. The highest BCUT2D eigenvalue weighted by atomic mass is 32.1.